The number of hydrogen-bond acceptors (Lipinski definition) is 1. The van der Waals surface area contributed by atoms with Crippen LogP contribution >= 0.6 is 22.6 Å². The van der Waals surface area contributed by atoms with E-state index in [1.807, 2.05) is 48.5 Å². The van der Waals surface area contributed by atoms with Gasteiger partial charge in [0.25, 0.3) is 0 Å². The highest BCUT2D eigenvalue weighted by Crippen LogP contribution is 2.33. The molecule has 4 aromatic rings. The van der Waals surface area contributed by atoms with Gasteiger partial charge < -0.3 is 4.74 Å². The Balaban J connectivity index is 1.66. The van der Waals surface area contributed by atoms with Gasteiger partial charge in [0.2, 0.25) is 0 Å². The normalized spacial score (nSPS) is 10.9. The van der Waals surface area contributed by atoms with Crippen molar-refractivity contribution < 1.29 is 13.5 Å². The third-order valence-electron chi connectivity index (χ3n) is 4.21. The second kappa shape index (κ2) is 8.97. The minimum absolute atomic E-state index is 0.280. The molecule has 29 heavy (non-hydrogen) atoms. The Labute approximate surface area is 184 Å². The summed E-state index contributed by atoms with van der Waals surface area (Å²) in [6.45, 7) is 0. The van der Waals surface area contributed by atoms with Gasteiger partial charge in [-0.05, 0) is 120 Å². The lowest BCUT2D eigenvalue weighted by Gasteiger charge is -2.10. The first-order chi connectivity index (χ1) is 14.1. The van der Waals surface area contributed by atoms with Gasteiger partial charge in [0.1, 0.15) is 23.1 Å². The summed E-state index contributed by atoms with van der Waals surface area (Å²) < 4.78 is 33.9. The molecule has 0 saturated heterocycles. The molecule has 0 radical (unpaired) electrons. The fourth-order valence-electron chi connectivity index (χ4n) is 2.83. The lowest BCUT2D eigenvalue weighted by atomic mass is 10.3. The summed E-state index contributed by atoms with van der Waals surface area (Å²) in [5.74, 6) is 0.946. The van der Waals surface area contributed by atoms with Gasteiger partial charge in [0.05, 0.1) is 10.9 Å². The molecule has 0 heterocycles. The molecule has 0 atom stereocenters. The molecular weight excluding hydrogens is 501 g/mol. The van der Waals surface area contributed by atoms with E-state index in [9.17, 15) is 8.78 Å². The third-order valence-corrected chi connectivity index (χ3v) is 7.16. The van der Waals surface area contributed by atoms with Crippen LogP contribution in [0.15, 0.2) is 112 Å². The molecule has 0 fully saturated rings. The van der Waals surface area contributed by atoms with Crippen molar-refractivity contribution in [3.05, 3.63) is 112 Å². The molecule has 0 bridgehead atoms. The molecule has 0 unspecified atom stereocenters. The summed E-state index contributed by atoms with van der Waals surface area (Å²) in [6.07, 6.45) is 0. The van der Waals surface area contributed by atoms with E-state index in [-0.39, 0.29) is 11.6 Å². The van der Waals surface area contributed by atoms with E-state index in [1.54, 1.807) is 24.3 Å². The summed E-state index contributed by atoms with van der Waals surface area (Å²) in [5.41, 5.74) is 0. The van der Waals surface area contributed by atoms with Crippen LogP contribution in [0.3, 0.4) is 0 Å². The standard InChI is InChI=1S/C24H16F2IOS/c25-17-1-11-22(12-2-17)29(23-13-3-18(26)4-14-23)24-15-9-21(10-16-24)28-20-7-5-19(27)6-8-20/h1-16H/q+1. The molecule has 1 nitrogen and oxygen atoms in total. The average molecular weight is 517 g/mol. The first-order valence-electron chi connectivity index (χ1n) is 8.87. The van der Waals surface area contributed by atoms with E-state index in [4.69, 9.17) is 4.74 Å². The smallest absolute Gasteiger partial charge is 0.166 e. The van der Waals surface area contributed by atoms with Gasteiger partial charge >= 0.3 is 0 Å². The number of benzene rings is 4. The number of hydrogen-bond donors (Lipinski definition) is 0. The zero-order valence-corrected chi connectivity index (χ0v) is 18.2. The fraction of sp³-hybridized carbons (Fsp3) is 0. The van der Waals surface area contributed by atoms with Crippen molar-refractivity contribution in [2.75, 3.05) is 0 Å². The average Bonchev–Trinajstić information content (AvgIpc) is 2.74. The Hall–Kier alpha value is -2.38. The van der Waals surface area contributed by atoms with Crippen molar-refractivity contribution in [3.8, 4) is 11.5 Å². The predicted octanol–water partition coefficient (Wildman–Crippen LogP) is 7.46. The van der Waals surface area contributed by atoms with Crippen LogP contribution in [0, 0.1) is 15.2 Å². The van der Waals surface area contributed by atoms with Crippen LogP contribution in [0.2, 0.25) is 0 Å². The van der Waals surface area contributed by atoms with E-state index >= 15 is 0 Å². The molecule has 5 heteroatoms. The van der Waals surface area contributed by atoms with Crippen LogP contribution in [0.25, 0.3) is 0 Å². The van der Waals surface area contributed by atoms with Gasteiger partial charge in [-0.1, -0.05) is 0 Å². The van der Waals surface area contributed by atoms with Crippen molar-refractivity contribution in [1.29, 1.82) is 0 Å². The monoisotopic (exact) mass is 517 g/mol. The van der Waals surface area contributed by atoms with Crippen molar-refractivity contribution >= 4 is 33.5 Å². The molecule has 0 aliphatic rings. The second-order valence-corrected chi connectivity index (χ2v) is 9.51. The van der Waals surface area contributed by atoms with Gasteiger partial charge in [-0.25, -0.2) is 8.78 Å². The van der Waals surface area contributed by atoms with Crippen LogP contribution in [-0.4, -0.2) is 0 Å². The first-order valence-corrected chi connectivity index (χ1v) is 11.2. The topological polar surface area (TPSA) is 9.23 Å². The Morgan fingerprint density at radius 2 is 0.862 bits per heavy atom. The van der Waals surface area contributed by atoms with Gasteiger partial charge in [-0.3, -0.25) is 0 Å². The molecule has 4 aromatic carbocycles. The maximum Gasteiger partial charge on any atom is 0.166 e. The Kier molecular flexibility index (Phi) is 6.16. The quantitative estimate of drug-likeness (QED) is 0.197. The van der Waals surface area contributed by atoms with Crippen LogP contribution < -0.4 is 4.74 Å². The fourth-order valence-corrected chi connectivity index (χ4v) is 5.23. The summed E-state index contributed by atoms with van der Waals surface area (Å²) in [4.78, 5) is 2.96. The minimum Gasteiger partial charge on any atom is -0.457 e. The molecule has 0 spiro atoms. The SMILES string of the molecule is Fc1ccc([S+](c2ccc(F)cc2)c2ccc(Oc3ccc(I)cc3)cc2)cc1. The van der Waals surface area contributed by atoms with Gasteiger partial charge in [0, 0.05) is 3.57 Å². The summed E-state index contributed by atoms with van der Waals surface area (Å²) in [7, 11) is -0.479. The summed E-state index contributed by atoms with van der Waals surface area (Å²) in [6, 6.07) is 28.6. The van der Waals surface area contributed by atoms with E-state index < -0.39 is 10.9 Å². The highest BCUT2D eigenvalue weighted by Gasteiger charge is 2.28. The van der Waals surface area contributed by atoms with Crippen LogP contribution in [-0.2, 0) is 10.9 Å². The molecule has 144 valence electrons. The summed E-state index contributed by atoms with van der Waals surface area (Å²) >= 11 is 2.25. The number of halogens is 3. The van der Waals surface area contributed by atoms with Crippen molar-refractivity contribution in [2.45, 2.75) is 14.7 Å². The zero-order valence-electron chi connectivity index (χ0n) is 15.2. The largest absolute Gasteiger partial charge is 0.457 e. The first kappa shape index (κ1) is 19.9. The molecule has 0 N–H and O–H groups in total. The molecular formula is C24H16F2IOS+. The lowest BCUT2D eigenvalue weighted by molar-refractivity contribution is 0.482. The molecule has 0 amide bonds. The molecule has 0 aromatic heterocycles. The zero-order chi connectivity index (χ0) is 20.2. The molecule has 0 aliphatic carbocycles. The molecule has 0 aliphatic heterocycles. The Bertz CT molecular complexity index is 1030. The van der Waals surface area contributed by atoms with Gasteiger partial charge in [-0.15, -0.1) is 0 Å². The molecule has 0 saturated carbocycles. The minimum atomic E-state index is -0.479. The maximum absolute atomic E-state index is 13.4. The summed E-state index contributed by atoms with van der Waals surface area (Å²) in [5, 5.41) is 0. The Morgan fingerprint density at radius 3 is 1.28 bits per heavy atom. The Morgan fingerprint density at radius 1 is 0.517 bits per heavy atom. The van der Waals surface area contributed by atoms with E-state index in [0.717, 1.165) is 29.8 Å². The van der Waals surface area contributed by atoms with Gasteiger partial charge in [0.15, 0.2) is 14.7 Å². The van der Waals surface area contributed by atoms with Crippen molar-refractivity contribution in [1.82, 2.24) is 0 Å². The van der Waals surface area contributed by atoms with E-state index in [2.05, 4.69) is 22.6 Å². The van der Waals surface area contributed by atoms with Crippen molar-refractivity contribution in [2.24, 2.45) is 0 Å². The van der Waals surface area contributed by atoms with Crippen LogP contribution in [0.4, 0.5) is 8.78 Å². The maximum atomic E-state index is 13.4. The third kappa shape index (κ3) is 4.97. The van der Waals surface area contributed by atoms with Gasteiger partial charge in [-0.2, -0.15) is 0 Å². The van der Waals surface area contributed by atoms with E-state index in [1.165, 1.54) is 24.3 Å². The van der Waals surface area contributed by atoms with E-state index in [0.29, 0.717) is 0 Å². The second-order valence-electron chi connectivity index (χ2n) is 6.24. The molecule has 4 rings (SSSR count). The highest BCUT2D eigenvalue weighted by atomic mass is 127. The predicted molar refractivity (Wildman–Crippen MR) is 121 cm³/mol. The lowest BCUT2D eigenvalue weighted by Crippen LogP contribution is -2.05. The highest BCUT2D eigenvalue weighted by molar-refractivity contribution is 14.1. The van der Waals surface area contributed by atoms with Crippen LogP contribution in [0.1, 0.15) is 0 Å². The number of ether oxygens (including phenoxy) is 1. The van der Waals surface area contributed by atoms with Crippen molar-refractivity contribution in [3.63, 3.8) is 0 Å². The van der Waals surface area contributed by atoms with Crippen LogP contribution in [0.5, 0.6) is 11.5 Å². The number of rotatable bonds is 5.